The van der Waals surface area contributed by atoms with Crippen LogP contribution in [0, 0.1) is 0 Å². The van der Waals surface area contributed by atoms with E-state index in [1.54, 1.807) is 6.33 Å². The maximum Gasteiger partial charge on any atom is 0.152 e. The first kappa shape index (κ1) is 9.99. The fraction of sp³-hybridized carbons (Fsp3) is 0.700. The molecule has 0 aromatic carbocycles. The van der Waals surface area contributed by atoms with Gasteiger partial charge in [0.25, 0.3) is 0 Å². The lowest BCUT2D eigenvalue weighted by Gasteiger charge is -2.33. The van der Waals surface area contributed by atoms with Gasteiger partial charge in [-0.15, -0.1) is 0 Å². The van der Waals surface area contributed by atoms with Gasteiger partial charge in [-0.05, 0) is 12.8 Å². The number of imidazole rings is 1. The number of aryl methyl sites for hydroxylation is 1. The van der Waals surface area contributed by atoms with E-state index >= 15 is 0 Å². The molecule has 0 unspecified atom stereocenters. The van der Waals surface area contributed by atoms with Crippen molar-refractivity contribution in [3.05, 3.63) is 17.2 Å². The molecule has 1 fully saturated rings. The molecule has 14 heavy (non-hydrogen) atoms. The molecule has 0 spiro atoms. The minimum absolute atomic E-state index is 0.249. The molecule has 0 atom stereocenters. The molecule has 0 amide bonds. The van der Waals surface area contributed by atoms with E-state index < -0.39 is 0 Å². The van der Waals surface area contributed by atoms with Crippen molar-refractivity contribution in [2.24, 2.45) is 12.8 Å². The number of aromatic nitrogens is 2. The van der Waals surface area contributed by atoms with Gasteiger partial charge >= 0.3 is 0 Å². The first-order valence-electron chi connectivity index (χ1n) is 5.10. The minimum Gasteiger partial charge on any atom is -0.335 e. The van der Waals surface area contributed by atoms with Crippen molar-refractivity contribution >= 4 is 11.6 Å². The maximum atomic E-state index is 6.38. The molecule has 1 heterocycles. The van der Waals surface area contributed by atoms with Crippen LogP contribution in [-0.4, -0.2) is 9.55 Å². The topological polar surface area (TPSA) is 43.8 Å². The van der Waals surface area contributed by atoms with Crippen LogP contribution in [0.2, 0.25) is 5.15 Å². The minimum atomic E-state index is -0.249. The van der Waals surface area contributed by atoms with Gasteiger partial charge in [0.15, 0.2) is 5.15 Å². The summed E-state index contributed by atoms with van der Waals surface area (Å²) in [7, 11) is 1.96. The van der Waals surface area contributed by atoms with Gasteiger partial charge in [-0.3, -0.25) is 0 Å². The third-order valence-electron chi connectivity index (χ3n) is 3.11. The predicted molar refractivity (Wildman–Crippen MR) is 57.2 cm³/mol. The molecule has 1 aliphatic rings. The Hall–Kier alpha value is -0.540. The summed E-state index contributed by atoms with van der Waals surface area (Å²) in [4.78, 5) is 4.08. The Morgan fingerprint density at radius 2 is 2.07 bits per heavy atom. The fourth-order valence-electron chi connectivity index (χ4n) is 2.38. The lowest BCUT2D eigenvalue weighted by Crippen LogP contribution is -2.40. The largest absolute Gasteiger partial charge is 0.335 e. The molecule has 1 aromatic rings. The van der Waals surface area contributed by atoms with Gasteiger partial charge in [-0.2, -0.15) is 0 Å². The summed E-state index contributed by atoms with van der Waals surface area (Å²) < 4.78 is 1.95. The molecular weight excluding hydrogens is 198 g/mol. The van der Waals surface area contributed by atoms with Crippen LogP contribution in [0.25, 0.3) is 0 Å². The predicted octanol–water partition coefficient (Wildman–Crippen LogP) is 2.19. The van der Waals surface area contributed by atoms with E-state index in [4.69, 9.17) is 17.3 Å². The molecule has 0 bridgehead atoms. The first-order chi connectivity index (χ1) is 6.63. The summed E-state index contributed by atoms with van der Waals surface area (Å²) in [6.07, 6.45) is 7.45. The van der Waals surface area contributed by atoms with Crippen LogP contribution in [0.1, 0.15) is 37.8 Å². The van der Waals surface area contributed by atoms with Crippen LogP contribution >= 0.6 is 11.6 Å². The Balaban J connectivity index is 2.36. The molecule has 1 aromatic heterocycles. The SMILES string of the molecule is Cn1cnc(Cl)c1C1(N)CCCCC1. The van der Waals surface area contributed by atoms with Gasteiger partial charge in [0.05, 0.1) is 17.6 Å². The average molecular weight is 214 g/mol. The summed E-state index contributed by atoms with van der Waals surface area (Å²) in [6, 6.07) is 0. The molecule has 0 aliphatic heterocycles. The van der Waals surface area contributed by atoms with Gasteiger partial charge in [0, 0.05) is 7.05 Å². The van der Waals surface area contributed by atoms with Crippen molar-refractivity contribution in [3.8, 4) is 0 Å². The number of hydrogen-bond donors (Lipinski definition) is 1. The molecular formula is C10H16ClN3. The average Bonchev–Trinajstić information content (AvgIpc) is 2.48. The zero-order valence-electron chi connectivity index (χ0n) is 8.46. The Morgan fingerprint density at radius 1 is 1.43 bits per heavy atom. The van der Waals surface area contributed by atoms with Crippen LogP contribution in [-0.2, 0) is 12.6 Å². The molecule has 3 nitrogen and oxygen atoms in total. The van der Waals surface area contributed by atoms with Crippen molar-refractivity contribution < 1.29 is 0 Å². The zero-order chi connectivity index (χ0) is 10.2. The molecule has 1 saturated carbocycles. The Labute approximate surface area is 89.3 Å². The first-order valence-corrected chi connectivity index (χ1v) is 5.47. The fourth-order valence-corrected chi connectivity index (χ4v) is 2.74. The van der Waals surface area contributed by atoms with E-state index in [1.165, 1.54) is 19.3 Å². The summed E-state index contributed by atoms with van der Waals surface area (Å²) >= 11 is 6.06. The van der Waals surface area contributed by atoms with E-state index in [-0.39, 0.29) is 5.54 Å². The van der Waals surface area contributed by atoms with Gasteiger partial charge in [-0.25, -0.2) is 4.98 Å². The summed E-state index contributed by atoms with van der Waals surface area (Å²) in [5.41, 5.74) is 7.13. The smallest absolute Gasteiger partial charge is 0.152 e. The lowest BCUT2D eigenvalue weighted by molar-refractivity contribution is 0.289. The zero-order valence-corrected chi connectivity index (χ0v) is 9.22. The Morgan fingerprint density at radius 3 is 2.57 bits per heavy atom. The molecule has 4 heteroatoms. The Kier molecular flexibility index (Phi) is 2.54. The molecule has 2 N–H and O–H groups in total. The number of nitrogens with two attached hydrogens (primary N) is 1. The van der Waals surface area contributed by atoms with E-state index in [0.717, 1.165) is 18.5 Å². The third kappa shape index (κ3) is 1.55. The van der Waals surface area contributed by atoms with Crippen molar-refractivity contribution in [2.75, 3.05) is 0 Å². The quantitative estimate of drug-likeness (QED) is 0.777. The standard InChI is InChI=1S/C10H16ClN3/c1-14-7-13-9(11)8(14)10(12)5-3-2-4-6-10/h7H,2-6,12H2,1H3. The van der Waals surface area contributed by atoms with Crippen molar-refractivity contribution in [3.63, 3.8) is 0 Å². The second-order valence-corrected chi connectivity index (χ2v) is 4.57. The highest BCUT2D eigenvalue weighted by atomic mass is 35.5. The highest BCUT2D eigenvalue weighted by Crippen LogP contribution is 2.37. The van der Waals surface area contributed by atoms with Crippen LogP contribution in [0.4, 0.5) is 0 Å². The van der Waals surface area contributed by atoms with Gasteiger partial charge in [-0.1, -0.05) is 30.9 Å². The van der Waals surface area contributed by atoms with Crippen molar-refractivity contribution in [1.82, 2.24) is 9.55 Å². The third-order valence-corrected chi connectivity index (χ3v) is 3.39. The molecule has 0 saturated heterocycles. The van der Waals surface area contributed by atoms with Crippen molar-refractivity contribution in [2.45, 2.75) is 37.6 Å². The summed E-state index contributed by atoms with van der Waals surface area (Å²) in [5.74, 6) is 0. The van der Waals surface area contributed by atoms with Gasteiger partial charge in [0.2, 0.25) is 0 Å². The molecule has 1 aliphatic carbocycles. The second kappa shape index (κ2) is 3.55. The van der Waals surface area contributed by atoms with Crippen LogP contribution in [0.15, 0.2) is 6.33 Å². The van der Waals surface area contributed by atoms with Crippen LogP contribution in [0.5, 0.6) is 0 Å². The molecule has 2 rings (SSSR count). The van der Waals surface area contributed by atoms with E-state index in [2.05, 4.69) is 4.98 Å². The van der Waals surface area contributed by atoms with Gasteiger partial charge in [0.1, 0.15) is 0 Å². The normalized spacial score (nSPS) is 21.1. The van der Waals surface area contributed by atoms with Crippen molar-refractivity contribution in [1.29, 1.82) is 0 Å². The van der Waals surface area contributed by atoms with E-state index in [1.807, 2.05) is 11.6 Å². The molecule has 0 radical (unpaired) electrons. The Bertz CT molecular complexity index is 307. The molecule has 78 valence electrons. The number of nitrogens with zero attached hydrogens (tertiary/aromatic N) is 2. The lowest BCUT2D eigenvalue weighted by atomic mass is 9.80. The highest BCUT2D eigenvalue weighted by Gasteiger charge is 2.34. The van der Waals surface area contributed by atoms with E-state index in [9.17, 15) is 0 Å². The summed E-state index contributed by atoms with van der Waals surface area (Å²) in [5, 5.41) is 0.567. The maximum absolute atomic E-state index is 6.38. The van der Waals surface area contributed by atoms with Crippen LogP contribution < -0.4 is 5.73 Å². The van der Waals surface area contributed by atoms with Crippen LogP contribution in [0.3, 0.4) is 0 Å². The second-order valence-electron chi connectivity index (χ2n) is 4.21. The monoisotopic (exact) mass is 213 g/mol. The summed E-state index contributed by atoms with van der Waals surface area (Å²) in [6.45, 7) is 0. The van der Waals surface area contributed by atoms with Gasteiger partial charge < -0.3 is 10.3 Å². The highest BCUT2D eigenvalue weighted by molar-refractivity contribution is 6.30. The number of hydrogen-bond acceptors (Lipinski definition) is 2. The number of rotatable bonds is 1. The number of halogens is 1. The van der Waals surface area contributed by atoms with E-state index in [0.29, 0.717) is 5.15 Å².